The fraction of sp³-hybridized carbons (Fsp3) is 0.333. The molecule has 0 spiro atoms. The molecule has 0 radical (unpaired) electrons. The van der Waals surface area contributed by atoms with Crippen molar-refractivity contribution in [2.24, 2.45) is 14.1 Å². The number of nitrogens with zero attached hydrogens (tertiary/aromatic N) is 2. The van der Waals surface area contributed by atoms with Gasteiger partial charge in [-0.3, -0.25) is 9.13 Å². The summed E-state index contributed by atoms with van der Waals surface area (Å²) in [4.78, 5) is 0. The molecule has 0 aromatic carbocycles. The minimum atomic E-state index is -0.00380. The van der Waals surface area contributed by atoms with Gasteiger partial charge in [0.25, 0.3) is 0 Å². The van der Waals surface area contributed by atoms with Crippen molar-refractivity contribution in [1.82, 2.24) is 9.13 Å². The lowest BCUT2D eigenvalue weighted by Gasteiger charge is -2.12. The number of fused-ring (bicyclic) bond motifs is 2. The van der Waals surface area contributed by atoms with Crippen molar-refractivity contribution in [3.63, 3.8) is 0 Å². The smallest absolute Gasteiger partial charge is 0.197 e. The van der Waals surface area contributed by atoms with Crippen LogP contribution in [0, 0.1) is 0 Å². The normalized spacial score (nSPS) is 13.4. The monoisotopic (exact) mass is 250 g/mol. The Hall–Kier alpha value is -2.24. The van der Waals surface area contributed by atoms with Gasteiger partial charge in [-0.1, -0.05) is 0 Å². The Labute approximate surface area is 103 Å². The van der Waals surface area contributed by atoms with Gasteiger partial charge in [0, 0.05) is 49.2 Å². The van der Waals surface area contributed by atoms with Crippen molar-refractivity contribution in [3.8, 4) is 23.5 Å². The molecular formula is C12H14N2O4. The third-order valence-electron chi connectivity index (χ3n) is 3.79. The molecule has 0 aliphatic heterocycles. The van der Waals surface area contributed by atoms with Crippen LogP contribution >= 0.6 is 0 Å². The molecule has 1 aliphatic carbocycles. The van der Waals surface area contributed by atoms with Crippen LogP contribution < -0.4 is 0 Å². The van der Waals surface area contributed by atoms with Gasteiger partial charge < -0.3 is 20.4 Å². The van der Waals surface area contributed by atoms with Crippen LogP contribution in [0.5, 0.6) is 23.5 Å². The van der Waals surface area contributed by atoms with E-state index < -0.39 is 0 Å². The summed E-state index contributed by atoms with van der Waals surface area (Å²) in [5, 5.41) is 39.6. The number of hydrogen-bond donors (Lipinski definition) is 4. The van der Waals surface area contributed by atoms with Gasteiger partial charge in [0.2, 0.25) is 0 Å². The molecule has 2 heterocycles. The molecule has 96 valence electrons. The topological polar surface area (TPSA) is 90.8 Å². The van der Waals surface area contributed by atoms with Crippen molar-refractivity contribution >= 4 is 0 Å². The first-order valence-corrected chi connectivity index (χ1v) is 5.60. The van der Waals surface area contributed by atoms with Gasteiger partial charge in [0.05, 0.1) is 0 Å². The first-order valence-electron chi connectivity index (χ1n) is 5.60. The molecule has 0 unspecified atom stereocenters. The Morgan fingerprint density at radius 3 is 1.06 bits per heavy atom. The summed E-state index contributed by atoms with van der Waals surface area (Å²) < 4.78 is 2.59. The fourth-order valence-electron chi connectivity index (χ4n) is 2.65. The van der Waals surface area contributed by atoms with Gasteiger partial charge in [-0.15, -0.1) is 0 Å². The van der Waals surface area contributed by atoms with Gasteiger partial charge in [-0.2, -0.15) is 0 Å². The molecule has 1 aliphatic rings. The average molecular weight is 250 g/mol. The standard InChI is InChI=1S/C12H14N2O4/c1-13-9(15)5-3-7-8(4-6(5)10(13)16)12(18)14(2)11(7)17/h15-18H,3-4H2,1-2H3. The molecule has 6 nitrogen and oxygen atoms in total. The van der Waals surface area contributed by atoms with Crippen LogP contribution in [-0.2, 0) is 26.9 Å². The van der Waals surface area contributed by atoms with Crippen molar-refractivity contribution in [3.05, 3.63) is 22.3 Å². The maximum absolute atomic E-state index is 9.91. The molecule has 4 N–H and O–H groups in total. The van der Waals surface area contributed by atoms with Crippen LogP contribution in [-0.4, -0.2) is 29.6 Å². The van der Waals surface area contributed by atoms with Gasteiger partial charge in [-0.05, 0) is 0 Å². The molecule has 0 amide bonds. The highest BCUT2D eigenvalue weighted by molar-refractivity contribution is 5.59. The zero-order valence-electron chi connectivity index (χ0n) is 10.1. The maximum Gasteiger partial charge on any atom is 0.197 e. The van der Waals surface area contributed by atoms with E-state index in [1.54, 1.807) is 14.1 Å². The molecule has 0 fully saturated rings. The Morgan fingerprint density at radius 1 is 0.611 bits per heavy atom. The number of hydrogen-bond acceptors (Lipinski definition) is 4. The molecule has 18 heavy (non-hydrogen) atoms. The lowest BCUT2D eigenvalue weighted by molar-refractivity contribution is 0.381. The van der Waals surface area contributed by atoms with Gasteiger partial charge in [0.1, 0.15) is 0 Å². The van der Waals surface area contributed by atoms with E-state index >= 15 is 0 Å². The molecule has 2 aromatic rings. The van der Waals surface area contributed by atoms with Crippen LogP contribution in [0.25, 0.3) is 0 Å². The SMILES string of the molecule is Cn1c(O)c2c(c1O)Cc1c(c(O)n(C)c1O)C2. The van der Waals surface area contributed by atoms with Crippen molar-refractivity contribution < 1.29 is 20.4 Å². The number of aromatic hydroxyl groups is 4. The van der Waals surface area contributed by atoms with Crippen molar-refractivity contribution in [2.45, 2.75) is 12.8 Å². The molecule has 0 saturated carbocycles. The predicted molar refractivity (Wildman–Crippen MR) is 63.1 cm³/mol. The molecule has 6 heteroatoms. The summed E-state index contributed by atoms with van der Waals surface area (Å²) in [7, 11) is 3.13. The Balaban J connectivity index is 2.24. The van der Waals surface area contributed by atoms with E-state index in [-0.39, 0.29) is 23.5 Å². The zero-order chi connectivity index (χ0) is 13.2. The first-order chi connectivity index (χ1) is 8.43. The molecular weight excluding hydrogens is 236 g/mol. The van der Waals surface area contributed by atoms with E-state index in [0.29, 0.717) is 35.1 Å². The van der Waals surface area contributed by atoms with E-state index in [1.165, 1.54) is 9.13 Å². The van der Waals surface area contributed by atoms with E-state index in [4.69, 9.17) is 0 Å². The lowest BCUT2D eigenvalue weighted by Crippen LogP contribution is -2.03. The maximum atomic E-state index is 9.91. The Bertz CT molecular complexity index is 557. The summed E-state index contributed by atoms with van der Waals surface area (Å²) in [6.45, 7) is 0. The lowest BCUT2D eigenvalue weighted by atomic mass is 9.90. The third kappa shape index (κ3) is 1.07. The molecule has 0 saturated heterocycles. The predicted octanol–water partition coefficient (Wildman–Crippen LogP) is 0.681. The number of rotatable bonds is 0. The molecule has 2 aromatic heterocycles. The minimum absolute atomic E-state index is 0.00380. The Morgan fingerprint density at radius 2 is 0.833 bits per heavy atom. The average Bonchev–Trinajstić information content (AvgIpc) is 2.71. The van der Waals surface area contributed by atoms with Crippen LogP contribution in [0.3, 0.4) is 0 Å². The second kappa shape index (κ2) is 3.16. The van der Waals surface area contributed by atoms with Crippen LogP contribution in [0.15, 0.2) is 0 Å². The highest BCUT2D eigenvalue weighted by Gasteiger charge is 2.31. The quantitative estimate of drug-likeness (QED) is 0.472. The van der Waals surface area contributed by atoms with Gasteiger partial charge >= 0.3 is 0 Å². The zero-order valence-corrected chi connectivity index (χ0v) is 10.1. The third-order valence-corrected chi connectivity index (χ3v) is 3.79. The van der Waals surface area contributed by atoms with Crippen LogP contribution in [0.4, 0.5) is 0 Å². The van der Waals surface area contributed by atoms with E-state index in [2.05, 4.69) is 0 Å². The number of aromatic nitrogens is 2. The van der Waals surface area contributed by atoms with Gasteiger partial charge in [-0.25, -0.2) is 0 Å². The minimum Gasteiger partial charge on any atom is -0.494 e. The summed E-state index contributed by atoms with van der Waals surface area (Å²) in [6, 6.07) is 0. The van der Waals surface area contributed by atoms with Crippen LogP contribution in [0.1, 0.15) is 22.3 Å². The molecule has 0 bridgehead atoms. The van der Waals surface area contributed by atoms with Crippen molar-refractivity contribution in [1.29, 1.82) is 0 Å². The summed E-state index contributed by atoms with van der Waals surface area (Å²) >= 11 is 0. The largest absolute Gasteiger partial charge is 0.494 e. The molecule has 0 atom stereocenters. The van der Waals surface area contributed by atoms with E-state index in [1.807, 2.05) is 0 Å². The first kappa shape index (κ1) is 10.9. The fourth-order valence-corrected chi connectivity index (χ4v) is 2.65. The second-order valence-electron chi connectivity index (χ2n) is 4.68. The second-order valence-corrected chi connectivity index (χ2v) is 4.68. The Kier molecular flexibility index (Phi) is 1.91. The molecule has 3 rings (SSSR count). The summed E-state index contributed by atoms with van der Waals surface area (Å²) in [5.41, 5.74) is 2.40. The highest BCUT2D eigenvalue weighted by Crippen LogP contribution is 2.45. The van der Waals surface area contributed by atoms with E-state index in [9.17, 15) is 20.4 Å². The summed E-state index contributed by atoms with van der Waals surface area (Å²) in [6.07, 6.45) is 0.594. The van der Waals surface area contributed by atoms with E-state index in [0.717, 1.165) is 0 Å². The highest BCUT2D eigenvalue weighted by atomic mass is 16.3. The van der Waals surface area contributed by atoms with Gasteiger partial charge in [0.15, 0.2) is 23.5 Å². The van der Waals surface area contributed by atoms with Crippen molar-refractivity contribution in [2.75, 3.05) is 0 Å². The summed E-state index contributed by atoms with van der Waals surface area (Å²) in [5.74, 6) is -0.0152. The van der Waals surface area contributed by atoms with Crippen LogP contribution in [0.2, 0.25) is 0 Å².